The van der Waals surface area contributed by atoms with E-state index in [1.54, 1.807) is 4.90 Å². The number of hydrogen-bond acceptors (Lipinski definition) is 10. The van der Waals surface area contributed by atoms with Gasteiger partial charge in [0.2, 0.25) is 23.9 Å². The molecule has 0 unspecified atom stereocenters. The molecule has 46 heavy (non-hydrogen) atoms. The maximum atomic E-state index is 14.3. The lowest BCUT2D eigenvalue weighted by molar-refractivity contribution is -0.0658. The Morgan fingerprint density at radius 1 is 1.24 bits per heavy atom. The molecule has 0 radical (unpaired) electrons. The maximum absolute atomic E-state index is 14.3. The summed E-state index contributed by atoms with van der Waals surface area (Å²) < 4.78 is 50.2. The second-order valence-corrected chi connectivity index (χ2v) is 11.9. The molecule has 250 valence electrons. The average molecular weight is 649 g/mol. The Balaban J connectivity index is 0.00000500. The number of carbonyl (C=O) groups excluding carboxylic acids is 3. The average Bonchev–Trinajstić information content (AvgIpc) is 3.39. The minimum Gasteiger partial charge on any atom is -0.482 e. The van der Waals surface area contributed by atoms with Crippen LogP contribution in [0.5, 0.6) is 5.75 Å². The first-order valence-corrected chi connectivity index (χ1v) is 15.0. The second kappa shape index (κ2) is 13.3. The topological polar surface area (TPSA) is 147 Å². The van der Waals surface area contributed by atoms with Gasteiger partial charge in [-0.05, 0) is 38.2 Å². The Morgan fingerprint density at radius 2 is 2.02 bits per heavy atom. The number of pyridine rings is 1. The molecule has 1 spiro atoms. The van der Waals surface area contributed by atoms with Gasteiger partial charge in [0, 0.05) is 38.4 Å². The molecular weight excluding hydrogens is 610 g/mol. The van der Waals surface area contributed by atoms with Crippen LogP contribution in [0.4, 0.5) is 13.6 Å². The molecule has 1 aromatic heterocycles. The Labute approximate surface area is 264 Å². The van der Waals surface area contributed by atoms with E-state index in [1.165, 1.54) is 23.9 Å². The molecule has 1 fully saturated rings. The molecule has 0 saturated carbocycles. The van der Waals surface area contributed by atoms with Gasteiger partial charge < -0.3 is 38.6 Å². The zero-order valence-electron chi connectivity index (χ0n) is 26.0. The molecule has 3 atom stereocenters. The van der Waals surface area contributed by atoms with Gasteiger partial charge >= 0.3 is 6.16 Å². The van der Waals surface area contributed by atoms with Gasteiger partial charge in [-0.15, -0.1) is 0 Å². The predicted molar refractivity (Wildman–Crippen MR) is 159 cm³/mol. The molecular formula is C31H38F2N4O9. The summed E-state index contributed by atoms with van der Waals surface area (Å²) in [5.41, 5.74) is -2.56. The Hall–Kier alpha value is -4.69. The van der Waals surface area contributed by atoms with Gasteiger partial charge in [0.25, 0.3) is 11.8 Å². The molecule has 15 heteroatoms. The van der Waals surface area contributed by atoms with E-state index in [0.29, 0.717) is 31.2 Å². The number of nitrogens with one attached hydrogen (secondary N) is 1. The van der Waals surface area contributed by atoms with E-state index in [1.807, 2.05) is 20.8 Å². The molecule has 3 aliphatic heterocycles. The fraction of sp³-hybridized carbons (Fsp3) is 0.516. The van der Waals surface area contributed by atoms with Crippen LogP contribution in [0.25, 0.3) is 0 Å². The SMILES string of the molecule is COC1=NO[C@@]2(CC[C@H](C)N3C[C@H]2n2cc(C(=O)NCc4ccc(F)cc4F)c(=O)c(OCOC(=O)OCCC(C)C)c2C3=O)C1.[HH]. The monoisotopic (exact) mass is 648 g/mol. The van der Waals surface area contributed by atoms with Gasteiger partial charge in [-0.1, -0.05) is 25.1 Å². The van der Waals surface area contributed by atoms with Crippen LogP contribution in [-0.2, 0) is 25.6 Å². The number of hydrogen-bond donors (Lipinski definition) is 1. The molecule has 1 N–H and O–H groups in total. The van der Waals surface area contributed by atoms with Gasteiger partial charge in [0.1, 0.15) is 17.2 Å². The number of rotatable bonds is 9. The number of carbonyl (C=O) groups is 3. The zero-order valence-corrected chi connectivity index (χ0v) is 26.0. The lowest BCUT2D eigenvalue weighted by atomic mass is 9.85. The third-order valence-electron chi connectivity index (χ3n) is 8.50. The molecule has 1 aromatic carbocycles. The normalized spacial score (nSPS) is 21.7. The third-order valence-corrected chi connectivity index (χ3v) is 8.50. The maximum Gasteiger partial charge on any atom is 0.511 e. The van der Waals surface area contributed by atoms with Crippen LogP contribution in [0.2, 0.25) is 0 Å². The highest BCUT2D eigenvalue weighted by Crippen LogP contribution is 2.46. The van der Waals surface area contributed by atoms with Crippen LogP contribution < -0.4 is 15.5 Å². The van der Waals surface area contributed by atoms with Gasteiger partial charge in [0.05, 0.1) is 26.2 Å². The quantitative estimate of drug-likeness (QED) is 0.313. The van der Waals surface area contributed by atoms with Crippen molar-refractivity contribution < 1.29 is 48.4 Å². The summed E-state index contributed by atoms with van der Waals surface area (Å²) in [4.78, 5) is 60.9. The summed E-state index contributed by atoms with van der Waals surface area (Å²) in [6.07, 6.45) is 2.09. The number of aromatic nitrogens is 1. The molecule has 3 aliphatic rings. The summed E-state index contributed by atoms with van der Waals surface area (Å²) >= 11 is 0. The van der Waals surface area contributed by atoms with E-state index in [-0.39, 0.29) is 50.8 Å². The highest BCUT2D eigenvalue weighted by molar-refractivity contribution is 5.99. The van der Waals surface area contributed by atoms with E-state index in [2.05, 4.69) is 10.5 Å². The Kier molecular flexibility index (Phi) is 9.49. The molecule has 0 aliphatic carbocycles. The first kappa shape index (κ1) is 32.7. The Morgan fingerprint density at radius 3 is 2.72 bits per heavy atom. The number of halogens is 2. The van der Waals surface area contributed by atoms with Crippen molar-refractivity contribution in [3.8, 4) is 5.75 Å². The number of fused-ring (bicyclic) bond motifs is 5. The molecule has 1 saturated heterocycles. The number of ether oxygens (including phenoxy) is 4. The van der Waals surface area contributed by atoms with Crippen molar-refractivity contribution in [2.45, 2.75) is 70.7 Å². The molecule has 13 nitrogen and oxygen atoms in total. The number of oxime groups is 1. The van der Waals surface area contributed by atoms with Crippen LogP contribution >= 0.6 is 0 Å². The summed E-state index contributed by atoms with van der Waals surface area (Å²) in [5, 5.41) is 6.56. The Bertz CT molecular complexity index is 1620. The number of amides is 2. The van der Waals surface area contributed by atoms with E-state index >= 15 is 0 Å². The van der Waals surface area contributed by atoms with E-state index in [9.17, 15) is 28.0 Å². The zero-order chi connectivity index (χ0) is 33.2. The number of nitrogens with zero attached hydrogens (tertiary/aromatic N) is 3. The molecule has 2 bridgehead atoms. The van der Waals surface area contributed by atoms with Crippen molar-refractivity contribution in [3.05, 3.63) is 63.1 Å². The van der Waals surface area contributed by atoms with Crippen LogP contribution in [0.15, 0.2) is 34.3 Å². The van der Waals surface area contributed by atoms with E-state index in [4.69, 9.17) is 23.8 Å². The van der Waals surface area contributed by atoms with Gasteiger partial charge in [-0.3, -0.25) is 14.4 Å². The van der Waals surface area contributed by atoms with Crippen molar-refractivity contribution >= 4 is 23.9 Å². The van der Waals surface area contributed by atoms with Crippen LogP contribution in [0.1, 0.15) is 80.3 Å². The van der Waals surface area contributed by atoms with Crippen molar-refractivity contribution in [2.24, 2.45) is 11.1 Å². The van der Waals surface area contributed by atoms with Crippen molar-refractivity contribution in [2.75, 3.05) is 27.1 Å². The van der Waals surface area contributed by atoms with Crippen molar-refractivity contribution in [3.63, 3.8) is 0 Å². The van der Waals surface area contributed by atoms with Crippen molar-refractivity contribution in [1.29, 1.82) is 0 Å². The van der Waals surface area contributed by atoms with Crippen molar-refractivity contribution in [1.82, 2.24) is 14.8 Å². The van der Waals surface area contributed by atoms with Crippen LogP contribution in [0.3, 0.4) is 0 Å². The van der Waals surface area contributed by atoms with Gasteiger partial charge in [-0.25, -0.2) is 13.6 Å². The second-order valence-electron chi connectivity index (χ2n) is 11.9. The lowest BCUT2D eigenvalue weighted by Crippen LogP contribution is -2.52. The van der Waals surface area contributed by atoms with E-state index < -0.39 is 64.8 Å². The van der Waals surface area contributed by atoms with Crippen LogP contribution in [-0.4, -0.2) is 72.0 Å². The largest absolute Gasteiger partial charge is 0.511 e. The molecule has 2 amide bonds. The molecule has 4 heterocycles. The van der Waals surface area contributed by atoms with Gasteiger partial charge in [0.15, 0.2) is 11.3 Å². The first-order chi connectivity index (χ1) is 21.9. The smallest absolute Gasteiger partial charge is 0.482 e. The van der Waals surface area contributed by atoms with Gasteiger partial charge in [-0.2, -0.15) is 0 Å². The fourth-order valence-electron chi connectivity index (χ4n) is 5.80. The summed E-state index contributed by atoms with van der Waals surface area (Å²) in [7, 11) is 1.47. The minimum absolute atomic E-state index is 0. The highest BCUT2D eigenvalue weighted by atomic mass is 19.1. The lowest BCUT2D eigenvalue weighted by Gasteiger charge is -2.42. The van der Waals surface area contributed by atoms with E-state index in [0.717, 1.165) is 6.07 Å². The fourth-order valence-corrected chi connectivity index (χ4v) is 5.80. The standard InChI is InChI=1S/C31H36F2N4O9.H2/c1-17(2)8-10-43-30(41)45-16-44-27-25-29(40)36-15-23(31(9-7-18(36)3)12-24(42-4)35-46-31)37(25)14-21(26(27)38)28(39)34-13-19-5-6-20(32)11-22(19)33;/h5-6,11,14,17-18,23H,7-10,12-13,15-16H2,1-4H3,(H,34,39);1H/t18-,23+,31-;/m0./s1. The molecule has 5 rings (SSSR count). The predicted octanol–water partition coefficient (Wildman–Crippen LogP) is 4.14. The third kappa shape index (κ3) is 6.49. The summed E-state index contributed by atoms with van der Waals surface area (Å²) in [6, 6.07) is 2.00. The highest BCUT2D eigenvalue weighted by Gasteiger charge is 2.55. The minimum atomic E-state index is -1.04. The van der Waals surface area contributed by atoms with Crippen LogP contribution in [0, 0.1) is 17.6 Å². The number of methoxy groups -OCH3 is 1. The molecule has 2 aromatic rings. The first-order valence-electron chi connectivity index (χ1n) is 15.0. The summed E-state index contributed by atoms with van der Waals surface area (Å²) in [6.45, 7) is 4.92. The number of benzene rings is 1. The summed E-state index contributed by atoms with van der Waals surface area (Å²) in [5.74, 6) is -2.99.